The molecule has 3 nitrogen and oxygen atoms in total. The molecule has 0 spiro atoms. The number of hydrogen-bond acceptors (Lipinski definition) is 2. The summed E-state index contributed by atoms with van der Waals surface area (Å²) in [5.41, 5.74) is 0.700. The van der Waals surface area contributed by atoms with E-state index in [1.165, 1.54) is 30.4 Å². The minimum atomic E-state index is -2.98. The summed E-state index contributed by atoms with van der Waals surface area (Å²) >= 11 is 11.9. The zero-order chi connectivity index (χ0) is 16.8. The maximum absolute atomic E-state index is 12.3. The van der Waals surface area contributed by atoms with E-state index in [0.29, 0.717) is 15.6 Å². The van der Waals surface area contributed by atoms with Crippen LogP contribution in [0.5, 0.6) is 5.75 Å². The lowest BCUT2D eigenvalue weighted by Gasteiger charge is -2.10. The zero-order valence-electron chi connectivity index (χ0n) is 11.6. The van der Waals surface area contributed by atoms with Crippen molar-refractivity contribution >= 4 is 40.9 Å². The van der Waals surface area contributed by atoms with Crippen LogP contribution < -0.4 is 10.1 Å². The minimum Gasteiger partial charge on any atom is -0.433 e. The molecule has 2 aromatic carbocycles. The van der Waals surface area contributed by atoms with Gasteiger partial charge in [0.25, 0.3) is 0 Å². The summed E-state index contributed by atoms with van der Waals surface area (Å²) in [5, 5.41) is 3.14. The Hall–Kier alpha value is -2.11. The molecule has 0 saturated carbocycles. The Labute approximate surface area is 141 Å². The van der Waals surface area contributed by atoms with Crippen LogP contribution in [0.1, 0.15) is 5.56 Å². The van der Waals surface area contributed by atoms with Gasteiger partial charge < -0.3 is 10.1 Å². The molecule has 0 heterocycles. The normalized spacial score (nSPS) is 11.0. The van der Waals surface area contributed by atoms with Crippen LogP contribution in [0.2, 0.25) is 10.0 Å². The summed E-state index contributed by atoms with van der Waals surface area (Å²) < 4.78 is 29.0. The molecule has 0 bridgehead atoms. The van der Waals surface area contributed by atoms with Crippen LogP contribution in [0.3, 0.4) is 0 Å². The van der Waals surface area contributed by atoms with Crippen molar-refractivity contribution < 1.29 is 18.3 Å². The van der Waals surface area contributed by atoms with Crippen LogP contribution in [-0.2, 0) is 4.79 Å². The number of halogens is 4. The Balaban J connectivity index is 2.11. The Kier molecular flexibility index (Phi) is 5.96. The Morgan fingerprint density at radius 2 is 1.87 bits per heavy atom. The second kappa shape index (κ2) is 7.94. The number of ether oxygens (including phenoxy) is 1. The molecular formula is C16H11Cl2F2NO2. The van der Waals surface area contributed by atoms with Gasteiger partial charge in [-0.05, 0) is 29.8 Å². The van der Waals surface area contributed by atoms with E-state index in [0.717, 1.165) is 0 Å². The van der Waals surface area contributed by atoms with Crippen LogP contribution in [0, 0.1) is 0 Å². The van der Waals surface area contributed by atoms with Gasteiger partial charge in [0.2, 0.25) is 5.91 Å². The van der Waals surface area contributed by atoms with Gasteiger partial charge in [0, 0.05) is 6.08 Å². The van der Waals surface area contributed by atoms with E-state index in [9.17, 15) is 13.6 Å². The maximum Gasteiger partial charge on any atom is 0.387 e. The van der Waals surface area contributed by atoms with Crippen LogP contribution in [0.4, 0.5) is 14.5 Å². The van der Waals surface area contributed by atoms with Crippen molar-refractivity contribution in [3.63, 3.8) is 0 Å². The predicted octanol–water partition coefficient (Wildman–Crippen LogP) is 5.25. The Morgan fingerprint density at radius 1 is 1.13 bits per heavy atom. The molecule has 0 aromatic heterocycles. The molecule has 0 atom stereocenters. The highest BCUT2D eigenvalue weighted by molar-refractivity contribution is 6.42. The number of carbonyl (C=O) groups is 1. The molecule has 120 valence electrons. The summed E-state index contributed by atoms with van der Waals surface area (Å²) in [5.74, 6) is -0.642. The molecule has 0 radical (unpaired) electrons. The molecule has 1 N–H and O–H groups in total. The highest BCUT2D eigenvalue weighted by Crippen LogP contribution is 2.27. The van der Waals surface area contributed by atoms with Gasteiger partial charge in [-0.15, -0.1) is 0 Å². The molecule has 0 aliphatic rings. The molecule has 0 aliphatic carbocycles. The number of para-hydroxylation sites is 2. The fraction of sp³-hybridized carbons (Fsp3) is 0.0625. The second-order valence-electron chi connectivity index (χ2n) is 4.34. The fourth-order valence-electron chi connectivity index (χ4n) is 1.76. The van der Waals surface area contributed by atoms with Crippen molar-refractivity contribution in [2.24, 2.45) is 0 Å². The maximum atomic E-state index is 12.3. The van der Waals surface area contributed by atoms with Crippen molar-refractivity contribution in [2.45, 2.75) is 6.61 Å². The van der Waals surface area contributed by atoms with Gasteiger partial charge in [0.1, 0.15) is 5.75 Å². The lowest BCUT2D eigenvalue weighted by Crippen LogP contribution is -2.11. The minimum absolute atomic E-state index is 0.120. The van der Waals surface area contributed by atoms with Gasteiger partial charge in [-0.3, -0.25) is 4.79 Å². The van der Waals surface area contributed by atoms with E-state index < -0.39 is 12.5 Å². The summed E-state index contributed by atoms with van der Waals surface area (Å²) in [6, 6.07) is 10.9. The average molecular weight is 358 g/mol. The van der Waals surface area contributed by atoms with Crippen molar-refractivity contribution in [3.8, 4) is 5.75 Å². The summed E-state index contributed by atoms with van der Waals surface area (Å²) in [7, 11) is 0. The number of anilines is 1. The van der Waals surface area contributed by atoms with Gasteiger partial charge >= 0.3 is 6.61 Å². The third-order valence-corrected chi connectivity index (χ3v) is 3.59. The van der Waals surface area contributed by atoms with E-state index in [4.69, 9.17) is 23.2 Å². The van der Waals surface area contributed by atoms with Gasteiger partial charge in [-0.25, -0.2) is 0 Å². The van der Waals surface area contributed by atoms with Crippen molar-refractivity contribution in [1.82, 2.24) is 0 Å². The van der Waals surface area contributed by atoms with E-state index in [1.54, 1.807) is 24.3 Å². The summed E-state index contributed by atoms with van der Waals surface area (Å²) in [6.45, 7) is -2.98. The number of amides is 1. The second-order valence-corrected chi connectivity index (χ2v) is 5.13. The highest BCUT2D eigenvalue weighted by atomic mass is 35.5. The molecule has 0 saturated heterocycles. The number of rotatable bonds is 5. The third-order valence-electron chi connectivity index (χ3n) is 2.76. The predicted molar refractivity (Wildman–Crippen MR) is 87.2 cm³/mol. The third kappa shape index (κ3) is 4.94. The first kappa shape index (κ1) is 17.2. The smallest absolute Gasteiger partial charge is 0.387 e. The van der Waals surface area contributed by atoms with E-state index in [-0.39, 0.29) is 11.4 Å². The van der Waals surface area contributed by atoms with Crippen LogP contribution in [-0.4, -0.2) is 12.5 Å². The van der Waals surface area contributed by atoms with Crippen molar-refractivity contribution in [2.75, 3.05) is 5.32 Å². The quantitative estimate of drug-likeness (QED) is 0.742. The van der Waals surface area contributed by atoms with E-state index in [1.807, 2.05) is 0 Å². The van der Waals surface area contributed by atoms with Gasteiger partial charge in [-0.1, -0.05) is 47.5 Å². The summed E-state index contributed by atoms with van der Waals surface area (Å²) in [6.07, 6.45) is 2.69. The largest absolute Gasteiger partial charge is 0.433 e. The monoisotopic (exact) mass is 357 g/mol. The highest BCUT2D eigenvalue weighted by Gasteiger charge is 2.10. The number of carbonyl (C=O) groups excluding carboxylic acids is 1. The Bertz CT molecular complexity index is 736. The molecule has 2 aromatic rings. The first-order valence-corrected chi connectivity index (χ1v) is 7.20. The van der Waals surface area contributed by atoms with E-state index in [2.05, 4.69) is 10.1 Å². The molecule has 0 fully saturated rings. The lowest BCUT2D eigenvalue weighted by molar-refractivity contribution is -0.111. The van der Waals surface area contributed by atoms with E-state index >= 15 is 0 Å². The number of hydrogen-bond donors (Lipinski definition) is 1. The molecule has 1 amide bonds. The first-order chi connectivity index (χ1) is 11.0. The first-order valence-electron chi connectivity index (χ1n) is 6.44. The van der Waals surface area contributed by atoms with Crippen LogP contribution in [0.15, 0.2) is 48.5 Å². The van der Waals surface area contributed by atoms with Gasteiger partial charge in [0.05, 0.1) is 15.7 Å². The SMILES string of the molecule is O=C(/C=C/c1cccc(Cl)c1Cl)Nc1ccccc1OC(F)F. The molecule has 0 unspecified atom stereocenters. The van der Waals surface area contributed by atoms with Crippen molar-refractivity contribution in [1.29, 1.82) is 0 Å². The van der Waals surface area contributed by atoms with Crippen LogP contribution >= 0.6 is 23.2 Å². The molecule has 23 heavy (non-hydrogen) atoms. The lowest BCUT2D eigenvalue weighted by atomic mass is 10.2. The van der Waals surface area contributed by atoms with Crippen LogP contribution in [0.25, 0.3) is 6.08 Å². The topological polar surface area (TPSA) is 38.3 Å². The Morgan fingerprint density at radius 3 is 2.61 bits per heavy atom. The van der Waals surface area contributed by atoms with Crippen molar-refractivity contribution in [3.05, 3.63) is 64.1 Å². The van der Waals surface area contributed by atoms with Gasteiger partial charge in [-0.2, -0.15) is 8.78 Å². The van der Waals surface area contributed by atoms with Gasteiger partial charge in [0.15, 0.2) is 0 Å². The molecule has 0 aliphatic heterocycles. The summed E-state index contributed by atoms with van der Waals surface area (Å²) in [4.78, 5) is 11.9. The average Bonchev–Trinajstić information content (AvgIpc) is 2.50. The number of alkyl halides is 2. The fourth-order valence-corrected chi connectivity index (χ4v) is 2.13. The number of benzene rings is 2. The molecule has 7 heteroatoms. The molecular weight excluding hydrogens is 347 g/mol. The zero-order valence-corrected chi connectivity index (χ0v) is 13.1. The number of nitrogens with one attached hydrogen (secondary N) is 1. The molecule has 2 rings (SSSR count). The standard InChI is InChI=1S/C16H11Cl2F2NO2/c17-11-5-3-4-10(15(11)18)8-9-14(22)21-12-6-1-2-7-13(12)23-16(19)20/h1-9,16H,(H,21,22)/b9-8+.